The molecule has 3 N–H and O–H groups in total. The van der Waals surface area contributed by atoms with E-state index >= 15 is 0 Å². The minimum atomic E-state index is -1.15. The highest BCUT2D eigenvalue weighted by atomic mass is 16.3. The first-order valence-corrected chi connectivity index (χ1v) is 12.3. The smallest absolute Gasteiger partial charge is 0.149 e. The Balaban J connectivity index is 1.47. The standard InChI is InChI=1S/C27H34N2O4/c1-25(2)20-12-22(31)27-19(26(20,3)10-9-21(25)30)8-7-17(23(27)32)18(24(27)33)14-29-16-6-4-5-15(11-16)13-28/h4-6,11,17-20,22-23,29,31-32H,7-10,12,14H2,1-3H3/t17-,18?,19-,20+,22+,23+,26-,27+/m0/s1. The number of ketones is 2. The van der Waals surface area contributed by atoms with E-state index in [-0.39, 0.29) is 40.7 Å². The Bertz CT molecular complexity index is 1040. The fourth-order valence-corrected chi connectivity index (χ4v) is 8.51. The van der Waals surface area contributed by atoms with Gasteiger partial charge in [0.05, 0.1) is 29.3 Å². The topological polar surface area (TPSA) is 110 Å². The molecule has 33 heavy (non-hydrogen) atoms. The number of nitrogens with zero attached hydrogens (tertiary/aromatic N) is 1. The number of anilines is 1. The summed E-state index contributed by atoms with van der Waals surface area (Å²) < 4.78 is 0. The number of nitriles is 1. The Kier molecular flexibility index (Phi) is 5.05. The number of nitrogens with one attached hydrogen (secondary N) is 1. The van der Waals surface area contributed by atoms with E-state index < -0.39 is 23.0 Å². The summed E-state index contributed by atoms with van der Waals surface area (Å²) in [5.74, 6) is -0.483. The lowest BCUT2D eigenvalue weighted by atomic mass is 9.39. The minimum Gasteiger partial charge on any atom is -0.392 e. The van der Waals surface area contributed by atoms with Crippen LogP contribution in [-0.2, 0) is 9.59 Å². The van der Waals surface area contributed by atoms with Crippen molar-refractivity contribution in [1.29, 1.82) is 5.26 Å². The molecule has 8 atom stereocenters. The maximum absolute atomic E-state index is 14.1. The fraction of sp³-hybridized carbons (Fsp3) is 0.667. The van der Waals surface area contributed by atoms with Gasteiger partial charge in [-0.25, -0.2) is 0 Å². The minimum absolute atomic E-state index is 0.000628. The van der Waals surface area contributed by atoms with Crippen LogP contribution >= 0.6 is 0 Å². The van der Waals surface area contributed by atoms with Gasteiger partial charge >= 0.3 is 0 Å². The monoisotopic (exact) mass is 450 g/mol. The van der Waals surface area contributed by atoms with Gasteiger partial charge in [0, 0.05) is 30.0 Å². The molecule has 176 valence electrons. The summed E-state index contributed by atoms with van der Waals surface area (Å²) in [4.78, 5) is 26.8. The van der Waals surface area contributed by atoms with Crippen molar-refractivity contribution < 1.29 is 19.8 Å². The molecule has 1 aromatic rings. The molecular formula is C27H34N2O4. The van der Waals surface area contributed by atoms with Gasteiger partial charge in [0.2, 0.25) is 0 Å². The van der Waals surface area contributed by atoms with Gasteiger partial charge in [0.25, 0.3) is 0 Å². The number of rotatable bonds is 3. The summed E-state index contributed by atoms with van der Waals surface area (Å²) in [6, 6.07) is 9.29. The normalized spacial score (nSPS) is 43.4. The van der Waals surface area contributed by atoms with Gasteiger partial charge in [0.15, 0.2) is 0 Å². The molecule has 6 nitrogen and oxygen atoms in total. The molecular weight excluding hydrogens is 416 g/mol. The molecule has 1 spiro atoms. The summed E-state index contributed by atoms with van der Waals surface area (Å²) in [6.07, 6.45) is 1.32. The molecule has 4 aliphatic rings. The molecule has 1 aromatic carbocycles. The van der Waals surface area contributed by atoms with Crippen molar-refractivity contribution in [3.63, 3.8) is 0 Å². The number of fused-ring (bicyclic) bond motifs is 3. The second kappa shape index (κ2) is 7.38. The number of hydrogen-bond donors (Lipinski definition) is 3. The van der Waals surface area contributed by atoms with Crippen LogP contribution in [0.25, 0.3) is 0 Å². The van der Waals surface area contributed by atoms with Crippen LogP contribution < -0.4 is 5.32 Å². The Morgan fingerprint density at radius 2 is 1.91 bits per heavy atom. The van der Waals surface area contributed by atoms with E-state index in [0.29, 0.717) is 31.4 Å². The number of aliphatic hydroxyl groups is 2. The van der Waals surface area contributed by atoms with Crippen molar-refractivity contribution in [2.75, 3.05) is 11.9 Å². The van der Waals surface area contributed by atoms with Crippen LogP contribution in [0.5, 0.6) is 0 Å². The molecule has 0 heterocycles. The molecule has 2 bridgehead atoms. The fourth-order valence-electron chi connectivity index (χ4n) is 8.51. The molecule has 6 heteroatoms. The Morgan fingerprint density at radius 3 is 2.64 bits per heavy atom. The third kappa shape index (κ3) is 2.85. The van der Waals surface area contributed by atoms with Crippen LogP contribution in [0.15, 0.2) is 24.3 Å². The molecule has 4 saturated carbocycles. The lowest BCUT2D eigenvalue weighted by molar-refractivity contribution is -0.222. The van der Waals surface area contributed by atoms with Crippen LogP contribution in [0.3, 0.4) is 0 Å². The third-order valence-corrected chi connectivity index (χ3v) is 10.1. The molecule has 0 amide bonds. The summed E-state index contributed by atoms with van der Waals surface area (Å²) in [5, 5.41) is 35.5. The number of hydrogen-bond acceptors (Lipinski definition) is 6. The molecule has 1 unspecified atom stereocenters. The van der Waals surface area contributed by atoms with Gasteiger partial charge < -0.3 is 15.5 Å². The van der Waals surface area contributed by atoms with Crippen LogP contribution in [0, 0.1) is 51.2 Å². The predicted molar refractivity (Wildman–Crippen MR) is 123 cm³/mol. The number of carbonyl (C=O) groups excluding carboxylic acids is 2. The molecule has 0 aliphatic heterocycles. The highest BCUT2D eigenvalue weighted by Crippen LogP contribution is 2.70. The summed E-state index contributed by atoms with van der Waals surface area (Å²) >= 11 is 0. The quantitative estimate of drug-likeness (QED) is 0.652. The summed E-state index contributed by atoms with van der Waals surface area (Å²) in [6.45, 7) is 6.55. The first-order chi connectivity index (χ1) is 15.6. The van der Waals surface area contributed by atoms with Gasteiger partial charge in [0.1, 0.15) is 11.6 Å². The van der Waals surface area contributed by atoms with Gasteiger partial charge in [-0.15, -0.1) is 0 Å². The van der Waals surface area contributed by atoms with Crippen LogP contribution in [-0.4, -0.2) is 40.5 Å². The Morgan fingerprint density at radius 1 is 1.15 bits per heavy atom. The predicted octanol–water partition coefficient (Wildman–Crippen LogP) is 3.32. The van der Waals surface area contributed by atoms with Gasteiger partial charge in [-0.05, 0) is 67.1 Å². The average Bonchev–Trinajstić information content (AvgIpc) is 2.90. The summed E-state index contributed by atoms with van der Waals surface area (Å²) in [7, 11) is 0. The van der Waals surface area contributed by atoms with E-state index in [0.717, 1.165) is 18.5 Å². The zero-order valence-corrected chi connectivity index (χ0v) is 19.7. The molecule has 0 aromatic heterocycles. The third-order valence-electron chi connectivity index (χ3n) is 10.1. The van der Waals surface area contributed by atoms with Gasteiger partial charge in [-0.3, -0.25) is 9.59 Å². The second-order valence-electron chi connectivity index (χ2n) is 11.7. The lowest BCUT2D eigenvalue weighted by Gasteiger charge is -2.64. The van der Waals surface area contributed by atoms with Crippen LogP contribution in [0.4, 0.5) is 5.69 Å². The van der Waals surface area contributed by atoms with Crippen LogP contribution in [0.2, 0.25) is 0 Å². The lowest BCUT2D eigenvalue weighted by Crippen LogP contribution is -2.68. The van der Waals surface area contributed by atoms with Crippen molar-refractivity contribution in [3.05, 3.63) is 29.8 Å². The van der Waals surface area contributed by atoms with Gasteiger partial charge in [-0.1, -0.05) is 26.8 Å². The zero-order valence-electron chi connectivity index (χ0n) is 19.7. The van der Waals surface area contributed by atoms with Crippen molar-refractivity contribution in [1.82, 2.24) is 0 Å². The van der Waals surface area contributed by atoms with E-state index in [1.54, 1.807) is 18.2 Å². The van der Waals surface area contributed by atoms with Crippen molar-refractivity contribution in [2.45, 2.75) is 65.1 Å². The van der Waals surface area contributed by atoms with Crippen LogP contribution in [0.1, 0.15) is 58.4 Å². The number of carbonyl (C=O) groups is 2. The van der Waals surface area contributed by atoms with E-state index in [1.165, 1.54) is 0 Å². The first-order valence-electron chi connectivity index (χ1n) is 12.3. The molecule has 4 aliphatic carbocycles. The largest absolute Gasteiger partial charge is 0.392 e. The molecule has 4 fully saturated rings. The van der Waals surface area contributed by atoms with E-state index in [2.05, 4.69) is 18.3 Å². The van der Waals surface area contributed by atoms with E-state index in [9.17, 15) is 19.8 Å². The van der Waals surface area contributed by atoms with Gasteiger partial charge in [-0.2, -0.15) is 5.26 Å². The average molecular weight is 451 g/mol. The van der Waals surface area contributed by atoms with Crippen molar-refractivity contribution >= 4 is 17.3 Å². The SMILES string of the molecule is CC1(C)C(=O)CC[C@]2(C)[C@@H]1C[C@@H](O)[C@]13C(=O)C(CNc4cccc(C#N)c4)[C@H](CC[C@@H]21)[C@H]3O. The molecule has 0 radical (unpaired) electrons. The first kappa shape index (κ1) is 22.6. The highest BCUT2D eigenvalue weighted by Gasteiger charge is 2.75. The number of benzene rings is 1. The Hall–Kier alpha value is -2.23. The molecule has 0 saturated heterocycles. The van der Waals surface area contributed by atoms with Crippen molar-refractivity contribution in [3.8, 4) is 6.07 Å². The number of aliphatic hydroxyl groups excluding tert-OH is 2. The second-order valence-corrected chi connectivity index (χ2v) is 11.7. The molecule has 5 rings (SSSR count). The Labute approximate surface area is 195 Å². The van der Waals surface area contributed by atoms with E-state index in [4.69, 9.17) is 5.26 Å². The van der Waals surface area contributed by atoms with Crippen molar-refractivity contribution in [2.24, 2.45) is 39.9 Å². The highest BCUT2D eigenvalue weighted by molar-refractivity contribution is 5.93. The summed E-state index contributed by atoms with van der Waals surface area (Å²) in [5.41, 5.74) is -0.624. The number of Topliss-reactive ketones (excluding diaryl/α,β-unsaturated/α-hetero) is 2. The maximum atomic E-state index is 14.1. The maximum Gasteiger partial charge on any atom is 0.149 e. The van der Waals surface area contributed by atoms with E-state index in [1.807, 2.05) is 19.9 Å². The zero-order chi connectivity index (χ0) is 23.8.